The van der Waals surface area contributed by atoms with Crippen molar-refractivity contribution < 1.29 is 17.9 Å². The summed E-state index contributed by atoms with van der Waals surface area (Å²) in [6.45, 7) is 0.277. The Morgan fingerprint density at radius 3 is 2.55 bits per heavy atom. The molecule has 2 aliphatic heterocycles. The molecule has 2 fully saturated rings. The third kappa shape index (κ3) is 4.28. The first-order chi connectivity index (χ1) is 16.0. The average molecular weight is 469 g/mol. The van der Waals surface area contributed by atoms with Crippen molar-refractivity contribution >= 4 is 15.7 Å². The summed E-state index contributed by atoms with van der Waals surface area (Å²) in [6, 6.07) is 10.3. The minimum absolute atomic E-state index is 0.0562. The summed E-state index contributed by atoms with van der Waals surface area (Å²) in [4.78, 5) is 0.0819. The molecule has 174 valence electrons. The van der Waals surface area contributed by atoms with Gasteiger partial charge >= 0.3 is 0 Å². The van der Waals surface area contributed by atoms with Crippen LogP contribution >= 0.6 is 0 Å². The Morgan fingerprint density at radius 2 is 1.82 bits per heavy atom. The molecule has 33 heavy (non-hydrogen) atoms. The van der Waals surface area contributed by atoms with E-state index in [2.05, 4.69) is 17.2 Å². The number of anilines is 1. The SMILES string of the molecule is O=S(=O)(c1ccc(F)cc1)N1CC[C@@H]2[C@H](CO)Nc3ccc(C#CC4CCCCC4)cc3[C@@H]21. The number of aliphatic hydroxyl groups excluding tert-OH is 1. The van der Waals surface area contributed by atoms with E-state index in [1.165, 1.54) is 47.8 Å². The molecule has 1 saturated heterocycles. The highest BCUT2D eigenvalue weighted by atomic mass is 32.2. The molecule has 0 aromatic heterocycles. The molecule has 0 radical (unpaired) electrons. The van der Waals surface area contributed by atoms with Crippen LogP contribution in [0.15, 0.2) is 47.4 Å². The van der Waals surface area contributed by atoms with Crippen molar-refractivity contribution in [3.8, 4) is 11.8 Å². The van der Waals surface area contributed by atoms with E-state index in [9.17, 15) is 17.9 Å². The van der Waals surface area contributed by atoms with Gasteiger partial charge in [0.05, 0.1) is 23.6 Å². The molecule has 1 saturated carbocycles. The zero-order valence-corrected chi connectivity index (χ0v) is 19.3. The lowest BCUT2D eigenvalue weighted by Gasteiger charge is -2.38. The molecule has 1 aliphatic carbocycles. The predicted octanol–water partition coefficient (Wildman–Crippen LogP) is 4.30. The van der Waals surface area contributed by atoms with Gasteiger partial charge < -0.3 is 10.4 Å². The van der Waals surface area contributed by atoms with Gasteiger partial charge in [0.15, 0.2) is 0 Å². The molecular formula is C26H29FN2O3S. The summed E-state index contributed by atoms with van der Waals surface area (Å²) in [5.41, 5.74) is 2.61. The molecular weight excluding hydrogens is 439 g/mol. The predicted molar refractivity (Wildman–Crippen MR) is 126 cm³/mol. The first-order valence-electron chi connectivity index (χ1n) is 11.8. The highest BCUT2D eigenvalue weighted by molar-refractivity contribution is 7.89. The molecule has 2 N–H and O–H groups in total. The molecule has 2 aromatic carbocycles. The molecule has 0 bridgehead atoms. The summed E-state index contributed by atoms with van der Waals surface area (Å²) in [5, 5.41) is 13.4. The van der Waals surface area contributed by atoms with Crippen LogP contribution < -0.4 is 5.32 Å². The minimum Gasteiger partial charge on any atom is -0.394 e. The summed E-state index contributed by atoms with van der Waals surface area (Å²) < 4.78 is 42.0. The van der Waals surface area contributed by atoms with E-state index >= 15 is 0 Å². The first-order valence-corrected chi connectivity index (χ1v) is 13.2. The zero-order chi connectivity index (χ0) is 23.0. The number of halogens is 1. The molecule has 5 rings (SSSR count). The number of nitrogens with zero attached hydrogens (tertiary/aromatic N) is 1. The van der Waals surface area contributed by atoms with Crippen LogP contribution in [-0.4, -0.2) is 37.0 Å². The highest BCUT2D eigenvalue weighted by Gasteiger charge is 2.48. The number of benzene rings is 2. The van der Waals surface area contributed by atoms with Gasteiger partial charge in [-0.1, -0.05) is 31.1 Å². The summed E-state index contributed by atoms with van der Waals surface area (Å²) in [7, 11) is -3.82. The van der Waals surface area contributed by atoms with Crippen LogP contribution in [0.25, 0.3) is 0 Å². The summed E-state index contributed by atoms with van der Waals surface area (Å²) in [5.74, 6) is 6.65. The van der Waals surface area contributed by atoms with E-state index in [-0.39, 0.29) is 23.5 Å². The number of hydrogen-bond donors (Lipinski definition) is 2. The van der Waals surface area contributed by atoms with Gasteiger partial charge in [0, 0.05) is 29.6 Å². The van der Waals surface area contributed by atoms with Crippen molar-refractivity contribution in [2.24, 2.45) is 11.8 Å². The molecule has 2 heterocycles. The molecule has 2 aromatic rings. The van der Waals surface area contributed by atoms with Crippen LogP contribution in [0.3, 0.4) is 0 Å². The molecule has 0 unspecified atom stereocenters. The summed E-state index contributed by atoms with van der Waals surface area (Å²) >= 11 is 0. The van der Waals surface area contributed by atoms with Crippen molar-refractivity contribution in [1.29, 1.82) is 0 Å². The van der Waals surface area contributed by atoms with Crippen LogP contribution in [0.4, 0.5) is 10.1 Å². The van der Waals surface area contributed by atoms with Crippen molar-refractivity contribution in [2.45, 2.75) is 55.5 Å². The monoisotopic (exact) mass is 468 g/mol. The quantitative estimate of drug-likeness (QED) is 0.660. The standard InChI is InChI=1S/C26H29FN2O3S/c27-20-9-11-21(12-10-20)33(31,32)29-15-14-22-25(17-30)28-24-13-8-19(16-23(24)26(22)29)7-6-18-4-2-1-3-5-18/h8-13,16,18,22,25-26,28,30H,1-5,14-15,17H2/t22-,25+,26-/m1/s1. The van der Waals surface area contributed by atoms with E-state index < -0.39 is 21.9 Å². The topological polar surface area (TPSA) is 69.6 Å². The minimum atomic E-state index is -3.82. The smallest absolute Gasteiger partial charge is 0.243 e. The van der Waals surface area contributed by atoms with Crippen molar-refractivity contribution in [2.75, 3.05) is 18.5 Å². The fraction of sp³-hybridized carbons (Fsp3) is 0.462. The third-order valence-corrected chi connectivity index (χ3v) is 9.16. The normalized spacial score (nSPS) is 25.5. The van der Waals surface area contributed by atoms with E-state index in [0.717, 1.165) is 29.7 Å². The second-order valence-electron chi connectivity index (χ2n) is 9.31. The van der Waals surface area contributed by atoms with Gasteiger partial charge in [0.2, 0.25) is 10.0 Å². The lowest BCUT2D eigenvalue weighted by atomic mass is 9.83. The van der Waals surface area contributed by atoms with Crippen LogP contribution in [-0.2, 0) is 10.0 Å². The largest absolute Gasteiger partial charge is 0.394 e. The van der Waals surface area contributed by atoms with Crippen molar-refractivity contribution in [3.63, 3.8) is 0 Å². The maximum atomic E-state index is 13.5. The van der Waals surface area contributed by atoms with E-state index in [1.807, 2.05) is 18.2 Å². The van der Waals surface area contributed by atoms with E-state index in [1.54, 1.807) is 0 Å². The summed E-state index contributed by atoms with van der Waals surface area (Å²) in [6.07, 6.45) is 6.68. The van der Waals surface area contributed by atoms with Gasteiger partial charge in [0.1, 0.15) is 5.82 Å². The van der Waals surface area contributed by atoms with Crippen LogP contribution in [0.5, 0.6) is 0 Å². The van der Waals surface area contributed by atoms with Gasteiger partial charge in [-0.3, -0.25) is 0 Å². The van der Waals surface area contributed by atoms with Crippen LogP contribution in [0, 0.1) is 29.5 Å². The van der Waals surface area contributed by atoms with Crippen LogP contribution in [0.2, 0.25) is 0 Å². The second kappa shape index (κ2) is 9.09. The van der Waals surface area contributed by atoms with Gasteiger partial charge in [-0.05, 0) is 67.3 Å². The highest BCUT2D eigenvalue weighted by Crippen LogP contribution is 2.48. The Labute approximate surface area is 195 Å². The molecule has 3 aliphatic rings. The Balaban J connectivity index is 1.52. The van der Waals surface area contributed by atoms with Crippen molar-refractivity contribution in [3.05, 3.63) is 59.4 Å². The van der Waals surface area contributed by atoms with Gasteiger partial charge in [-0.15, -0.1) is 0 Å². The number of hydrogen-bond acceptors (Lipinski definition) is 4. The first kappa shape index (κ1) is 22.4. The van der Waals surface area contributed by atoms with E-state index in [4.69, 9.17) is 0 Å². The second-order valence-corrected chi connectivity index (χ2v) is 11.2. The van der Waals surface area contributed by atoms with Crippen molar-refractivity contribution in [1.82, 2.24) is 4.31 Å². The molecule has 0 amide bonds. The Morgan fingerprint density at radius 1 is 1.06 bits per heavy atom. The molecule has 3 atom stereocenters. The van der Waals surface area contributed by atoms with Crippen LogP contribution in [0.1, 0.15) is 55.7 Å². The molecule has 5 nitrogen and oxygen atoms in total. The van der Waals surface area contributed by atoms with E-state index in [0.29, 0.717) is 18.9 Å². The number of aliphatic hydroxyl groups is 1. The molecule has 0 spiro atoms. The Kier molecular flexibility index (Phi) is 6.17. The maximum Gasteiger partial charge on any atom is 0.243 e. The third-order valence-electron chi connectivity index (χ3n) is 7.27. The van der Waals surface area contributed by atoms with Gasteiger partial charge in [-0.25, -0.2) is 12.8 Å². The number of fused-ring (bicyclic) bond motifs is 3. The van der Waals surface area contributed by atoms with Gasteiger partial charge in [0.25, 0.3) is 0 Å². The average Bonchev–Trinajstić information content (AvgIpc) is 3.30. The Hall–Kier alpha value is -2.40. The fourth-order valence-corrected chi connectivity index (χ4v) is 7.21. The lowest BCUT2D eigenvalue weighted by molar-refractivity contribution is 0.210. The van der Waals surface area contributed by atoms with Gasteiger partial charge in [-0.2, -0.15) is 4.31 Å². The lowest BCUT2D eigenvalue weighted by Crippen LogP contribution is -2.42. The Bertz CT molecular complexity index is 1180. The number of sulfonamides is 1. The molecule has 7 heteroatoms. The maximum absolute atomic E-state index is 13.5. The zero-order valence-electron chi connectivity index (χ0n) is 18.5. The number of rotatable bonds is 3. The number of nitrogens with one attached hydrogen (secondary N) is 1. The fourth-order valence-electron chi connectivity index (χ4n) is 5.54.